The lowest BCUT2D eigenvalue weighted by Gasteiger charge is -2.02. The maximum Gasteiger partial charge on any atom is 0.226 e. The van der Waals surface area contributed by atoms with Gasteiger partial charge in [0.05, 0.1) is 5.69 Å². The number of anilines is 2. The first kappa shape index (κ1) is 17.7. The quantitative estimate of drug-likeness (QED) is 0.599. The number of hydrogen-bond acceptors (Lipinski definition) is 6. The molecule has 0 aliphatic carbocycles. The predicted molar refractivity (Wildman–Crippen MR) is 104 cm³/mol. The number of hydrogen-bond donors (Lipinski definition) is 2. The molecule has 25 heavy (non-hydrogen) atoms. The third-order valence-corrected chi connectivity index (χ3v) is 5.07. The molecule has 2 aromatic heterocycles. The highest BCUT2D eigenvalue weighted by Gasteiger charge is 2.11. The number of benzene rings is 1. The maximum atomic E-state index is 12.0. The molecule has 2 heterocycles. The molecule has 0 saturated heterocycles. The second-order valence-corrected chi connectivity index (χ2v) is 7.65. The van der Waals surface area contributed by atoms with Gasteiger partial charge in [-0.2, -0.15) is 0 Å². The van der Waals surface area contributed by atoms with Gasteiger partial charge in [0.1, 0.15) is 0 Å². The molecule has 3 rings (SSSR count). The highest BCUT2D eigenvalue weighted by atomic mass is 79.9. The van der Waals surface area contributed by atoms with Crippen LogP contribution in [0.25, 0.3) is 11.3 Å². The molecule has 0 aliphatic heterocycles. The SMILES string of the molecule is O=C(CCC(=O)Nc1nc(-c2cccc(Br)c2)cs1)Nc1nccs1. The first-order valence-corrected chi connectivity index (χ1v) is 9.86. The monoisotopic (exact) mass is 436 g/mol. The van der Waals surface area contributed by atoms with Gasteiger partial charge in [-0.3, -0.25) is 9.59 Å². The van der Waals surface area contributed by atoms with E-state index in [4.69, 9.17) is 0 Å². The molecule has 0 unspecified atom stereocenters. The average molecular weight is 437 g/mol. The summed E-state index contributed by atoms with van der Waals surface area (Å²) in [5.41, 5.74) is 1.76. The van der Waals surface area contributed by atoms with E-state index in [1.54, 1.807) is 11.6 Å². The van der Waals surface area contributed by atoms with Gasteiger partial charge in [-0.15, -0.1) is 22.7 Å². The molecule has 0 spiro atoms. The Kier molecular flexibility index (Phi) is 5.90. The number of nitrogens with zero attached hydrogens (tertiary/aromatic N) is 2. The standard InChI is InChI=1S/C16H13BrN4O2S2/c17-11-3-1-2-10(8-11)12-9-25-16(19-12)21-14(23)5-4-13(22)20-15-18-6-7-24-15/h1-3,6-9H,4-5H2,(H,18,20,22)(H,19,21,23). The summed E-state index contributed by atoms with van der Waals surface area (Å²) >= 11 is 6.11. The fourth-order valence-corrected chi connectivity index (χ4v) is 3.67. The van der Waals surface area contributed by atoms with E-state index in [1.807, 2.05) is 29.6 Å². The van der Waals surface area contributed by atoms with Crippen molar-refractivity contribution < 1.29 is 9.59 Å². The zero-order chi connectivity index (χ0) is 17.6. The van der Waals surface area contributed by atoms with Crippen LogP contribution in [0.4, 0.5) is 10.3 Å². The fraction of sp³-hybridized carbons (Fsp3) is 0.125. The second kappa shape index (κ2) is 8.32. The van der Waals surface area contributed by atoms with Crippen molar-refractivity contribution in [2.24, 2.45) is 0 Å². The van der Waals surface area contributed by atoms with Crippen LogP contribution < -0.4 is 10.6 Å². The molecule has 0 radical (unpaired) electrons. The predicted octanol–water partition coefficient (Wildman–Crippen LogP) is 4.39. The molecule has 0 saturated carbocycles. The number of thiazole rings is 2. The van der Waals surface area contributed by atoms with Gasteiger partial charge in [0, 0.05) is 39.8 Å². The van der Waals surface area contributed by atoms with Crippen LogP contribution in [-0.4, -0.2) is 21.8 Å². The Morgan fingerprint density at radius 3 is 2.52 bits per heavy atom. The van der Waals surface area contributed by atoms with Gasteiger partial charge in [0.2, 0.25) is 11.8 Å². The summed E-state index contributed by atoms with van der Waals surface area (Å²) in [6.07, 6.45) is 1.79. The molecule has 0 atom stereocenters. The van der Waals surface area contributed by atoms with Crippen LogP contribution in [-0.2, 0) is 9.59 Å². The summed E-state index contributed by atoms with van der Waals surface area (Å²) < 4.78 is 0.967. The Balaban J connectivity index is 1.51. The minimum atomic E-state index is -0.246. The first-order chi connectivity index (χ1) is 12.1. The zero-order valence-corrected chi connectivity index (χ0v) is 16.1. The zero-order valence-electron chi connectivity index (χ0n) is 12.9. The number of nitrogens with one attached hydrogen (secondary N) is 2. The van der Waals surface area contributed by atoms with Crippen LogP contribution in [0.15, 0.2) is 45.7 Å². The number of carbonyl (C=O) groups is 2. The van der Waals surface area contributed by atoms with E-state index in [0.717, 1.165) is 15.7 Å². The molecular weight excluding hydrogens is 424 g/mol. The molecule has 0 fully saturated rings. The number of halogens is 1. The average Bonchev–Trinajstić information content (AvgIpc) is 3.25. The molecular formula is C16H13BrN4O2S2. The normalized spacial score (nSPS) is 10.4. The van der Waals surface area contributed by atoms with E-state index in [2.05, 4.69) is 36.5 Å². The molecule has 0 aliphatic rings. The molecule has 0 bridgehead atoms. The fourth-order valence-electron chi connectivity index (χ4n) is 1.99. The largest absolute Gasteiger partial charge is 0.302 e. The highest BCUT2D eigenvalue weighted by molar-refractivity contribution is 9.10. The Labute approximate surface area is 160 Å². The van der Waals surface area contributed by atoms with Crippen LogP contribution in [0.3, 0.4) is 0 Å². The minimum Gasteiger partial charge on any atom is -0.302 e. The summed E-state index contributed by atoms with van der Waals surface area (Å²) in [7, 11) is 0. The lowest BCUT2D eigenvalue weighted by Crippen LogP contribution is -2.17. The second-order valence-electron chi connectivity index (χ2n) is 4.98. The van der Waals surface area contributed by atoms with Crippen LogP contribution in [0.5, 0.6) is 0 Å². The van der Waals surface area contributed by atoms with Gasteiger partial charge in [0.15, 0.2) is 10.3 Å². The van der Waals surface area contributed by atoms with Crippen molar-refractivity contribution in [1.82, 2.24) is 9.97 Å². The van der Waals surface area contributed by atoms with Crippen molar-refractivity contribution in [3.05, 3.63) is 45.7 Å². The summed E-state index contributed by atoms with van der Waals surface area (Å²) in [6, 6.07) is 7.78. The van der Waals surface area contributed by atoms with Crippen molar-refractivity contribution in [1.29, 1.82) is 0 Å². The molecule has 3 aromatic rings. The molecule has 2 amide bonds. The molecule has 2 N–H and O–H groups in total. The van der Waals surface area contributed by atoms with Crippen molar-refractivity contribution in [2.45, 2.75) is 12.8 Å². The van der Waals surface area contributed by atoms with Crippen molar-refractivity contribution >= 4 is 60.7 Å². The van der Waals surface area contributed by atoms with Crippen molar-refractivity contribution in [2.75, 3.05) is 10.6 Å². The van der Waals surface area contributed by atoms with Gasteiger partial charge in [-0.05, 0) is 12.1 Å². The van der Waals surface area contributed by atoms with Crippen molar-refractivity contribution in [3.63, 3.8) is 0 Å². The van der Waals surface area contributed by atoms with E-state index >= 15 is 0 Å². The smallest absolute Gasteiger partial charge is 0.226 e. The lowest BCUT2D eigenvalue weighted by atomic mass is 10.2. The van der Waals surface area contributed by atoms with E-state index in [0.29, 0.717) is 10.3 Å². The van der Waals surface area contributed by atoms with E-state index in [9.17, 15) is 9.59 Å². The molecule has 128 valence electrons. The minimum absolute atomic E-state index is 0.0863. The number of rotatable bonds is 6. The topological polar surface area (TPSA) is 84.0 Å². The van der Waals surface area contributed by atoms with E-state index < -0.39 is 0 Å². The maximum absolute atomic E-state index is 12.0. The Morgan fingerprint density at radius 1 is 1.08 bits per heavy atom. The highest BCUT2D eigenvalue weighted by Crippen LogP contribution is 2.27. The Bertz CT molecular complexity index is 880. The number of carbonyl (C=O) groups excluding carboxylic acids is 2. The van der Waals surface area contributed by atoms with E-state index in [-0.39, 0.29) is 24.7 Å². The van der Waals surface area contributed by atoms with Gasteiger partial charge >= 0.3 is 0 Å². The van der Waals surface area contributed by atoms with E-state index in [1.165, 1.54) is 22.7 Å². The molecule has 6 nitrogen and oxygen atoms in total. The van der Waals surface area contributed by atoms with Crippen LogP contribution in [0, 0.1) is 0 Å². The van der Waals surface area contributed by atoms with Gasteiger partial charge in [0.25, 0.3) is 0 Å². The molecule has 9 heteroatoms. The third kappa shape index (κ3) is 5.18. The summed E-state index contributed by atoms with van der Waals surface area (Å²) in [5, 5.41) is 10.1. The number of amides is 2. The lowest BCUT2D eigenvalue weighted by molar-refractivity contribution is -0.121. The van der Waals surface area contributed by atoms with Crippen LogP contribution >= 0.6 is 38.6 Å². The number of aromatic nitrogens is 2. The Hall–Kier alpha value is -2.10. The summed E-state index contributed by atoms with van der Waals surface area (Å²) in [4.78, 5) is 32.1. The van der Waals surface area contributed by atoms with Gasteiger partial charge in [-0.25, -0.2) is 9.97 Å². The van der Waals surface area contributed by atoms with Crippen LogP contribution in [0.2, 0.25) is 0 Å². The van der Waals surface area contributed by atoms with Gasteiger partial charge < -0.3 is 10.6 Å². The molecule has 1 aromatic carbocycles. The Morgan fingerprint density at radius 2 is 1.84 bits per heavy atom. The third-order valence-electron chi connectivity index (χ3n) is 3.13. The van der Waals surface area contributed by atoms with Crippen molar-refractivity contribution in [3.8, 4) is 11.3 Å². The van der Waals surface area contributed by atoms with Crippen LogP contribution in [0.1, 0.15) is 12.8 Å². The first-order valence-electron chi connectivity index (χ1n) is 7.31. The summed E-state index contributed by atoms with van der Waals surface area (Å²) in [6.45, 7) is 0. The van der Waals surface area contributed by atoms with Gasteiger partial charge in [-0.1, -0.05) is 28.1 Å². The summed E-state index contributed by atoms with van der Waals surface area (Å²) in [5.74, 6) is -0.483.